The van der Waals surface area contributed by atoms with Gasteiger partial charge < -0.3 is 15.0 Å². The van der Waals surface area contributed by atoms with Gasteiger partial charge in [0.15, 0.2) is 5.82 Å². The lowest BCUT2D eigenvalue weighted by Gasteiger charge is -2.40. The molecule has 0 aromatic carbocycles. The second kappa shape index (κ2) is 4.07. The monoisotopic (exact) mass is 239 g/mol. The highest BCUT2D eigenvalue weighted by molar-refractivity contribution is 5.08. The number of aromatic nitrogens is 2. The summed E-state index contributed by atoms with van der Waals surface area (Å²) < 4.78 is 10.9. The van der Waals surface area contributed by atoms with Crippen molar-refractivity contribution in [3.05, 3.63) is 11.7 Å². The topological polar surface area (TPSA) is 74.2 Å². The Morgan fingerprint density at radius 1 is 1.35 bits per heavy atom. The minimum atomic E-state index is -0.529. The lowest BCUT2D eigenvalue weighted by Crippen LogP contribution is -2.50. The maximum atomic E-state index is 6.40. The van der Waals surface area contributed by atoms with Gasteiger partial charge in [0.2, 0.25) is 5.89 Å². The summed E-state index contributed by atoms with van der Waals surface area (Å²) in [4.78, 5) is 4.41. The summed E-state index contributed by atoms with van der Waals surface area (Å²) in [5, 5.41) is 4.03. The molecule has 0 saturated carbocycles. The van der Waals surface area contributed by atoms with Crippen molar-refractivity contribution in [2.24, 2.45) is 5.73 Å². The van der Waals surface area contributed by atoms with Gasteiger partial charge in [-0.3, -0.25) is 0 Å². The lowest BCUT2D eigenvalue weighted by molar-refractivity contribution is -0.0832. The fourth-order valence-corrected chi connectivity index (χ4v) is 2.27. The van der Waals surface area contributed by atoms with Gasteiger partial charge in [0.1, 0.15) is 0 Å². The molecule has 1 saturated heterocycles. The van der Waals surface area contributed by atoms with E-state index in [1.807, 2.05) is 27.7 Å². The molecule has 1 unspecified atom stereocenters. The fraction of sp³-hybridized carbons (Fsp3) is 0.833. The molecule has 0 amide bonds. The van der Waals surface area contributed by atoms with Crippen molar-refractivity contribution >= 4 is 0 Å². The zero-order valence-electron chi connectivity index (χ0n) is 11.0. The highest BCUT2D eigenvalue weighted by Gasteiger charge is 2.42. The molecule has 17 heavy (non-hydrogen) atoms. The molecular formula is C12H21N3O2. The number of nitrogens with two attached hydrogens (primary N) is 1. The molecule has 1 fully saturated rings. The molecule has 2 heterocycles. The van der Waals surface area contributed by atoms with Gasteiger partial charge in [0.25, 0.3) is 0 Å². The first-order chi connectivity index (χ1) is 7.82. The third-order valence-electron chi connectivity index (χ3n) is 3.16. The van der Waals surface area contributed by atoms with E-state index in [0.717, 1.165) is 6.42 Å². The quantitative estimate of drug-likeness (QED) is 0.853. The van der Waals surface area contributed by atoms with Gasteiger partial charge in [-0.15, -0.1) is 0 Å². The third-order valence-corrected chi connectivity index (χ3v) is 3.16. The average molecular weight is 239 g/mol. The van der Waals surface area contributed by atoms with Crippen molar-refractivity contribution in [1.29, 1.82) is 0 Å². The molecule has 2 rings (SSSR count). The highest BCUT2D eigenvalue weighted by Crippen LogP contribution is 2.36. The van der Waals surface area contributed by atoms with Crippen LogP contribution in [0.3, 0.4) is 0 Å². The zero-order valence-corrected chi connectivity index (χ0v) is 11.0. The number of hydrogen-bond donors (Lipinski definition) is 1. The van der Waals surface area contributed by atoms with Gasteiger partial charge in [-0.1, -0.05) is 19.0 Å². The van der Waals surface area contributed by atoms with Crippen LogP contribution in [-0.2, 0) is 10.3 Å². The molecule has 96 valence electrons. The molecular weight excluding hydrogens is 218 g/mol. The Balaban J connectivity index is 2.24. The van der Waals surface area contributed by atoms with Crippen LogP contribution in [0.1, 0.15) is 58.2 Å². The fourth-order valence-electron chi connectivity index (χ4n) is 2.27. The van der Waals surface area contributed by atoms with Crippen molar-refractivity contribution in [1.82, 2.24) is 10.1 Å². The Kier molecular flexibility index (Phi) is 2.99. The summed E-state index contributed by atoms with van der Waals surface area (Å²) in [6.07, 6.45) is 1.44. The van der Waals surface area contributed by atoms with Gasteiger partial charge in [-0.2, -0.15) is 4.98 Å². The van der Waals surface area contributed by atoms with Crippen LogP contribution in [0.5, 0.6) is 0 Å². The lowest BCUT2D eigenvalue weighted by atomic mass is 9.81. The van der Waals surface area contributed by atoms with E-state index in [2.05, 4.69) is 10.1 Å². The highest BCUT2D eigenvalue weighted by atomic mass is 16.5. The SMILES string of the molecule is CC(C)c1nc(C2(N)CCOC(C)(C)C2)no1. The zero-order chi connectivity index (χ0) is 12.7. The van der Waals surface area contributed by atoms with E-state index < -0.39 is 5.54 Å². The van der Waals surface area contributed by atoms with Crippen molar-refractivity contribution in [3.8, 4) is 0 Å². The molecule has 0 spiro atoms. The van der Waals surface area contributed by atoms with Crippen molar-refractivity contribution in [2.75, 3.05) is 6.61 Å². The molecule has 5 nitrogen and oxygen atoms in total. The van der Waals surface area contributed by atoms with Crippen molar-refractivity contribution < 1.29 is 9.26 Å². The molecule has 0 bridgehead atoms. The molecule has 1 aromatic rings. The predicted molar refractivity (Wildman–Crippen MR) is 63.5 cm³/mol. The summed E-state index contributed by atoms with van der Waals surface area (Å²) in [6, 6.07) is 0. The maximum absolute atomic E-state index is 6.40. The van der Waals surface area contributed by atoms with E-state index >= 15 is 0 Å². The minimum absolute atomic E-state index is 0.229. The van der Waals surface area contributed by atoms with Crippen LogP contribution in [0.15, 0.2) is 4.52 Å². The molecule has 2 N–H and O–H groups in total. The Hall–Kier alpha value is -0.940. The molecule has 0 radical (unpaired) electrons. The second-order valence-corrected chi connectivity index (χ2v) is 5.80. The first-order valence-corrected chi connectivity index (χ1v) is 6.09. The summed E-state index contributed by atoms with van der Waals surface area (Å²) >= 11 is 0. The van der Waals surface area contributed by atoms with E-state index in [1.54, 1.807) is 0 Å². The summed E-state index contributed by atoms with van der Waals surface area (Å²) in [7, 11) is 0. The summed E-state index contributed by atoms with van der Waals surface area (Å²) in [6.45, 7) is 8.76. The normalized spacial score (nSPS) is 28.6. The molecule has 0 aliphatic carbocycles. The van der Waals surface area contributed by atoms with E-state index in [4.69, 9.17) is 15.0 Å². The first-order valence-electron chi connectivity index (χ1n) is 6.09. The van der Waals surface area contributed by atoms with Crippen LogP contribution in [0.4, 0.5) is 0 Å². The molecule has 1 aromatic heterocycles. The number of ether oxygens (including phenoxy) is 1. The van der Waals surface area contributed by atoms with Crippen LogP contribution >= 0.6 is 0 Å². The first kappa shape index (κ1) is 12.5. The second-order valence-electron chi connectivity index (χ2n) is 5.80. The van der Waals surface area contributed by atoms with Crippen molar-refractivity contribution in [3.63, 3.8) is 0 Å². The molecule has 1 aliphatic rings. The molecule has 5 heteroatoms. The maximum Gasteiger partial charge on any atom is 0.229 e. The number of rotatable bonds is 2. The van der Waals surface area contributed by atoms with Crippen LogP contribution in [0, 0.1) is 0 Å². The predicted octanol–water partition coefficient (Wildman–Crippen LogP) is 1.94. The van der Waals surface area contributed by atoms with Crippen LogP contribution in [0.2, 0.25) is 0 Å². The van der Waals surface area contributed by atoms with Crippen LogP contribution in [0.25, 0.3) is 0 Å². The van der Waals surface area contributed by atoms with Crippen LogP contribution < -0.4 is 5.73 Å². The van der Waals surface area contributed by atoms with E-state index in [9.17, 15) is 0 Å². The summed E-state index contributed by atoms with van der Waals surface area (Å²) in [5.41, 5.74) is 5.64. The number of nitrogens with zero attached hydrogens (tertiary/aromatic N) is 2. The van der Waals surface area contributed by atoms with Gasteiger partial charge in [0.05, 0.1) is 11.1 Å². The average Bonchev–Trinajstić information content (AvgIpc) is 2.64. The standard InChI is InChI=1S/C12H21N3O2/c1-8(2)9-14-10(15-17-9)12(13)5-6-16-11(3,4)7-12/h8H,5-7,13H2,1-4H3. The van der Waals surface area contributed by atoms with Crippen molar-refractivity contribution in [2.45, 2.75) is 57.6 Å². The third kappa shape index (κ3) is 2.50. The van der Waals surface area contributed by atoms with E-state index in [-0.39, 0.29) is 11.5 Å². The van der Waals surface area contributed by atoms with E-state index in [1.165, 1.54) is 0 Å². The molecule has 1 aliphatic heterocycles. The smallest absolute Gasteiger partial charge is 0.229 e. The van der Waals surface area contributed by atoms with Crippen LogP contribution in [-0.4, -0.2) is 22.3 Å². The summed E-state index contributed by atoms with van der Waals surface area (Å²) in [5.74, 6) is 1.49. The van der Waals surface area contributed by atoms with Gasteiger partial charge in [0, 0.05) is 18.9 Å². The van der Waals surface area contributed by atoms with Gasteiger partial charge >= 0.3 is 0 Å². The van der Waals surface area contributed by atoms with Gasteiger partial charge in [-0.25, -0.2) is 0 Å². The Morgan fingerprint density at radius 2 is 2.06 bits per heavy atom. The van der Waals surface area contributed by atoms with E-state index in [0.29, 0.717) is 24.7 Å². The number of hydrogen-bond acceptors (Lipinski definition) is 5. The molecule has 1 atom stereocenters. The van der Waals surface area contributed by atoms with Gasteiger partial charge in [-0.05, 0) is 20.3 Å². The Labute approximate surface area is 102 Å². The Morgan fingerprint density at radius 3 is 2.59 bits per heavy atom. The largest absolute Gasteiger partial charge is 0.375 e. The Bertz CT molecular complexity index is 400. The minimum Gasteiger partial charge on any atom is -0.375 e.